The minimum atomic E-state index is -0.820. The maximum absolute atomic E-state index is 10.7. The topological polar surface area (TPSA) is 49.7 Å². The Morgan fingerprint density at radius 3 is 3.07 bits per heavy atom. The third-order valence-corrected chi connectivity index (χ3v) is 3.35. The van der Waals surface area contributed by atoms with Gasteiger partial charge in [-0.3, -0.25) is 4.99 Å². The molecule has 0 fully saturated rings. The molecule has 0 spiro atoms. The zero-order valence-electron chi connectivity index (χ0n) is 7.64. The van der Waals surface area contributed by atoms with E-state index in [1.807, 2.05) is 12.2 Å². The Labute approximate surface area is 86.6 Å². The van der Waals surface area contributed by atoms with E-state index in [-0.39, 0.29) is 0 Å². The second-order valence-electron chi connectivity index (χ2n) is 3.26. The van der Waals surface area contributed by atoms with Gasteiger partial charge in [0.1, 0.15) is 0 Å². The number of carbonyl (C=O) groups is 1. The number of nitrogens with zero attached hydrogens (tertiary/aromatic N) is 1. The van der Waals surface area contributed by atoms with Crippen LogP contribution in [-0.2, 0) is 4.79 Å². The largest absolute Gasteiger partial charge is 0.480 e. The first-order valence-electron chi connectivity index (χ1n) is 4.57. The van der Waals surface area contributed by atoms with Crippen LogP contribution in [0, 0.1) is 0 Å². The van der Waals surface area contributed by atoms with E-state index < -0.39 is 12.0 Å². The number of thioether (sulfide) groups is 1. The second-order valence-corrected chi connectivity index (χ2v) is 4.27. The van der Waals surface area contributed by atoms with Gasteiger partial charge in [-0.1, -0.05) is 18.2 Å². The SMILES string of the molecule is O=C(O)[C@@H]1CSC(C2=CC=CCC2)=N1. The average Bonchev–Trinajstić information content (AvgIpc) is 2.68. The third kappa shape index (κ3) is 1.90. The lowest BCUT2D eigenvalue weighted by Crippen LogP contribution is -2.17. The Morgan fingerprint density at radius 1 is 1.64 bits per heavy atom. The van der Waals surface area contributed by atoms with Gasteiger partial charge in [0.2, 0.25) is 0 Å². The van der Waals surface area contributed by atoms with Gasteiger partial charge < -0.3 is 5.11 Å². The zero-order chi connectivity index (χ0) is 9.97. The molecule has 0 aromatic rings. The molecule has 4 heteroatoms. The van der Waals surface area contributed by atoms with Crippen LogP contribution in [0.25, 0.3) is 0 Å². The fourth-order valence-electron chi connectivity index (χ4n) is 1.46. The summed E-state index contributed by atoms with van der Waals surface area (Å²) >= 11 is 1.55. The normalized spacial score (nSPS) is 25.9. The minimum Gasteiger partial charge on any atom is -0.480 e. The zero-order valence-corrected chi connectivity index (χ0v) is 8.46. The first-order chi connectivity index (χ1) is 6.77. The Hall–Kier alpha value is -1.03. The Kier molecular flexibility index (Phi) is 2.72. The van der Waals surface area contributed by atoms with Gasteiger partial charge in [0, 0.05) is 5.75 Å². The van der Waals surface area contributed by atoms with Crippen molar-refractivity contribution in [2.24, 2.45) is 4.99 Å². The molecule has 1 heterocycles. The van der Waals surface area contributed by atoms with E-state index in [0.29, 0.717) is 5.75 Å². The molecule has 0 aromatic carbocycles. The first kappa shape index (κ1) is 9.52. The third-order valence-electron chi connectivity index (χ3n) is 2.22. The number of hydrogen-bond donors (Lipinski definition) is 1. The van der Waals surface area contributed by atoms with Gasteiger partial charge in [-0.25, -0.2) is 4.79 Å². The van der Waals surface area contributed by atoms with Crippen LogP contribution in [0.5, 0.6) is 0 Å². The highest BCUT2D eigenvalue weighted by Gasteiger charge is 2.25. The highest BCUT2D eigenvalue weighted by Crippen LogP contribution is 2.27. The smallest absolute Gasteiger partial charge is 0.329 e. The van der Waals surface area contributed by atoms with E-state index in [4.69, 9.17) is 5.11 Å². The average molecular weight is 209 g/mol. The Morgan fingerprint density at radius 2 is 2.50 bits per heavy atom. The van der Waals surface area contributed by atoms with Crippen molar-refractivity contribution in [3.8, 4) is 0 Å². The number of hydrogen-bond acceptors (Lipinski definition) is 3. The van der Waals surface area contributed by atoms with Crippen LogP contribution in [0.4, 0.5) is 0 Å². The van der Waals surface area contributed by atoms with E-state index in [0.717, 1.165) is 17.9 Å². The van der Waals surface area contributed by atoms with Gasteiger partial charge in [-0.05, 0) is 18.4 Å². The van der Waals surface area contributed by atoms with Gasteiger partial charge >= 0.3 is 5.97 Å². The summed E-state index contributed by atoms with van der Waals surface area (Å²) in [5.74, 6) is -0.245. The summed E-state index contributed by atoms with van der Waals surface area (Å²) in [5, 5.41) is 9.69. The molecule has 0 radical (unpaired) electrons. The Bertz CT molecular complexity index is 344. The molecule has 2 rings (SSSR count). The minimum absolute atomic E-state index is 0.540. The summed E-state index contributed by atoms with van der Waals surface area (Å²) in [4.78, 5) is 14.9. The van der Waals surface area contributed by atoms with Crippen molar-refractivity contribution < 1.29 is 9.90 Å². The highest BCUT2D eigenvalue weighted by molar-refractivity contribution is 8.14. The highest BCUT2D eigenvalue weighted by atomic mass is 32.2. The second kappa shape index (κ2) is 4.00. The van der Waals surface area contributed by atoms with Gasteiger partial charge in [-0.15, -0.1) is 11.8 Å². The molecule has 1 N–H and O–H groups in total. The molecule has 1 aliphatic carbocycles. The lowest BCUT2D eigenvalue weighted by Gasteiger charge is -2.06. The molecular formula is C10H11NO2S. The summed E-state index contributed by atoms with van der Waals surface area (Å²) in [6.07, 6.45) is 8.16. The van der Waals surface area contributed by atoms with Crippen LogP contribution in [0.1, 0.15) is 12.8 Å². The van der Waals surface area contributed by atoms with Crippen molar-refractivity contribution >= 4 is 22.8 Å². The molecular weight excluding hydrogens is 198 g/mol. The molecule has 0 saturated carbocycles. The maximum Gasteiger partial charge on any atom is 0.329 e. The number of carboxylic acids is 1. The molecule has 74 valence electrons. The van der Waals surface area contributed by atoms with Crippen LogP contribution in [-0.4, -0.2) is 27.9 Å². The van der Waals surface area contributed by atoms with Crippen LogP contribution in [0.15, 0.2) is 28.8 Å². The predicted octanol–water partition coefficient (Wildman–Crippen LogP) is 1.86. The summed E-state index contributed by atoms with van der Waals surface area (Å²) in [5.41, 5.74) is 1.18. The first-order valence-corrected chi connectivity index (χ1v) is 5.55. The predicted molar refractivity (Wildman–Crippen MR) is 57.8 cm³/mol. The lowest BCUT2D eigenvalue weighted by atomic mass is 10.1. The van der Waals surface area contributed by atoms with E-state index in [1.54, 1.807) is 11.8 Å². The number of allylic oxidation sites excluding steroid dienone is 3. The molecule has 0 bridgehead atoms. The van der Waals surface area contributed by atoms with E-state index >= 15 is 0 Å². The van der Waals surface area contributed by atoms with Crippen LogP contribution < -0.4 is 0 Å². The van der Waals surface area contributed by atoms with Crippen LogP contribution in [0.3, 0.4) is 0 Å². The van der Waals surface area contributed by atoms with Gasteiger partial charge in [0.15, 0.2) is 6.04 Å². The van der Waals surface area contributed by atoms with Gasteiger partial charge in [0.25, 0.3) is 0 Å². The van der Waals surface area contributed by atoms with Crippen molar-refractivity contribution in [2.75, 3.05) is 5.75 Å². The van der Waals surface area contributed by atoms with Crippen molar-refractivity contribution in [3.63, 3.8) is 0 Å². The maximum atomic E-state index is 10.7. The monoisotopic (exact) mass is 209 g/mol. The molecule has 0 aromatic heterocycles. The molecule has 1 aliphatic heterocycles. The number of carboxylic acid groups (broad SMARTS) is 1. The van der Waals surface area contributed by atoms with Crippen LogP contribution in [0.2, 0.25) is 0 Å². The number of aliphatic carboxylic acids is 1. The molecule has 2 aliphatic rings. The molecule has 1 atom stereocenters. The van der Waals surface area contributed by atoms with E-state index in [1.165, 1.54) is 5.57 Å². The van der Waals surface area contributed by atoms with Gasteiger partial charge in [0.05, 0.1) is 5.04 Å². The summed E-state index contributed by atoms with van der Waals surface area (Å²) in [7, 11) is 0. The summed E-state index contributed by atoms with van der Waals surface area (Å²) in [6, 6.07) is -0.540. The fraction of sp³-hybridized carbons (Fsp3) is 0.400. The lowest BCUT2D eigenvalue weighted by molar-refractivity contribution is -0.137. The summed E-state index contributed by atoms with van der Waals surface area (Å²) in [6.45, 7) is 0. The van der Waals surface area contributed by atoms with Crippen molar-refractivity contribution in [3.05, 3.63) is 23.8 Å². The molecule has 0 amide bonds. The van der Waals surface area contributed by atoms with Crippen molar-refractivity contribution in [1.82, 2.24) is 0 Å². The van der Waals surface area contributed by atoms with E-state index in [2.05, 4.69) is 11.1 Å². The standard InChI is InChI=1S/C10H11NO2S/c12-10(13)8-6-14-9(11-8)7-4-2-1-3-5-7/h1-2,4,8H,3,5-6H2,(H,12,13)/t8-/m0/s1. The molecule has 14 heavy (non-hydrogen) atoms. The summed E-state index contributed by atoms with van der Waals surface area (Å²) < 4.78 is 0. The van der Waals surface area contributed by atoms with Crippen molar-refractivity contribution in [1.29, 1.82) is 0 Å². The van der Waals surface area contributed by atoms with E-state index in [9.17, 15) is 4.79 Å². The Balaban J connectivity index is 2.13. The molecule has 0 saturated heterocycles. The number of rotatable bonds is 2. The molecule has 0 unspecified atom stereocenters. The van der Waals surface area contributed by atoms with Crippen molar-refractivity contribution in [2.45, 2.75) is 18.9 Å². The fourth-order valence-corrected chi connectivity index (χ4v) is 2.55. The van der Waals surface area contributed by atoms with Crippen LogP contribution >= 0.6 is 11.8 Å². The quantitative estimate of drug-likeness (QED) is 0.755. The number of aliphatic imine (C=N–C) groups is 1. The molecule has 3 nitrogen and oxygen atoms in total. The van der Waals surface area contributed by atoms with Gasteiger partial charge in [-0.2, -0.15) is 0 Å².